The zero-order chi connectivity index (χ0) is 8.43. The van der Waals surface area contributed by atoms with Gasteiger partial charge in [-0.15, -0.1) is 0 Å². The van der Waals surface area contributed by atoms with E-state index in [-0.39, 0.29) is 5.56 Å². The van der Waals surface area contributed by atoms with Crippen molar-refractivity contribution in [3.8, 4) is 0 Å². The van der Waals surface area contributed by atoms with Crippen LogP contribution in [0.4, 0.5) is 8.78 Å². The van der Waals surface area contributed by atoms with E-state index >= 15 is 0 Å². The summed E-state index contributed by atoms with van der Waals surface area (Å²) in [6.45, 7) is 0. The van der Waals surface area contributed by atoms with Crippen molar-refractivity contribution >= 4 is 38.5 Å². The molecule has 60 valence electrons. The van der Waals surface area contributed by atoms with Gasteiger partial charge in [-0.1, -0.05) is 15.9 Å². The van der Waals surface area contributed by atoms with Crippen LogP contribution in [0.25, 0.3) is 0 Å². The second-order valence-corrected chi connectivity index (χ2v) is 4.04. The molecule has 0 saturated heterocycles. The van der Waals surface area contributed by atoms with E-state index in [0.29, 0.717) is 8.04 Å². The summed E-state index contributed by atoms with van der Waals surface area (Å²) in [5, 5.41) is 0. The Hall–Kier alpha value is 0.290. The van der Waals surface area contributed by atoms with Crippen molar-refractivity contribution in [2.45, 2.75) is 6.43 Å². The van der Waals surface area contributed by atoms with Crippen molar-refractivity contribution in [2.75, 3.05) is 0 Å². The number of hydrogen-bond donors (Lipinski definition) is 0. The Morgan fingerprint density at radius 2 is 2.00 bits per heavy atom. The molecule has 1 rings (SSSR count). The maximum atomic E-state index is 12.2. The minimum Gasteiger partial charge on any atom is -0.205 e. The summed E-state index contributed by atoms with van der Waals surface area (Å²) >= 11 is 5.02. The van der Waals surface area contributed by atoms with Gasteiger partial charge >= 0.3 is 0 Å². The SMILES string of the molecule is FC(F)c1cc(Br)ccc1I. The van der Waals surface area contributed by atoms with E-state index in [1.54, 1.807) is 12.1 Å². The summed E-state index contributed by atoms with van der Waals surface area (Å²) in [5.41, 5.74) is 0.0833. The topological polar surface area (TPSA) is 0 Å². The van der Waals surface area contributed by atoms with Crippen LogP contribution in [0.15, 0.2) is 22.7 Å². The largest absolute Gasteiger partial charge is 0.264 e. The van der Waals surface area contributed by atoms with Crippen LogP contribution in [0.3, 0.4) is 0 Å². The average Bonchev–Trinajstić information content (AvgIpc) is 1.94. The van der Waals surface area contributed by atoms with Crippen molar-refractivity contribution in [3.63, 3.8) is 0 Å². The fraction of sp³-hybridized carbons (Fsp3) is 0.143. The van der Waals surface area contributed by atoms with Crippen LogP contribution in [-0.2, 0) is 0 Å². The monoisotopic (exact) mass is 332 g/mol. The molecule has 0 N–H and O–H groups in total. The lowest BCUT2D eigenvalue weighted by molar-refractivity contribution is 0.150. The molecule has 0 aliphatic heterocycles. The predicted molar refractivity (Wildman–Crippen MR) is 51.8 cm³/mol. The van der Waals surface area contributed by atoms with Crippen molar-refractivity contribution in [1.29, 1.82) is 0 Å². The van der Waals surface area contributed by atoms with E-state index in [4.69, 9.17) is 0 Å². The number of hydrogen-bond acceptors (Lipinski definition) is 0. The van der Waals surface area contributed by atoms with Gasteiger partial charge in [-0.05, 0) is 40.8 Å². The van der Waals surface area contributed by atoms with Gasteiger partial charge < -0.3 is 0 Å². The Kier molecular flexibility index (Phi) is 3.24. The summed E-state index contributed by atoms with van der Waals surface area (Å²) < 4.78 is 25.7. The Labute approximate surface area is 85.3 Å². The molecule has 1 aromatic rings. The highest BCUT2D eigenvalue weighted by molar-refractivity contribution is 14.1. The second kappa shape index (κ2) is 3.80. The van der Waals surface area contributed by atoms with Gasteiger partial charge in [0.1, 0.15) is 0 Å². The molecule has 0 aromatic heterocycles. The fourth-order valence-electron chi connectivity index (χ4n) is 0.682. The first-order valence-corrected chi connectivity index (χ1v) is 4.71. The van der Waals surface area contributed by atoms with Gasteiger partial charge in [-0.3, -0.25) is 0 Å². The quantitative estimate of drug-likeness (QED) is 0.682. The Bertz CT molecular complexity index is 263. The average molecular weight is 333 g/mol. The minimum absolute atomic E-state index is 0.0833. The fourth-order valence-corrected chi connectivity index (χ4v) is 1.63. The Morgan fingerprint density at radius 1 is 1.36 bits per heavy atom. The van der Waals surface area contributed by atoms with Crippen molar-refractivity contribution in [2.24, 2.45) is 0 Å². The molecule has 0 bridgehead atoms. The van der Waals surface area contributed by atoms with E-state index in [1.165, 1.54) is 6.07 Å². The summed E-state index contributed by atoms with van der Waals surface area (Å²) in [5.74, 6) is 0. The smallest absolute Gasteiger partial charge is 0.205 e. The van der Waals surface area contributed by atoms with Crippen LogP contribution in [-0.4, -0.2) is 0 Å². The lowest BCUT2D eigenvalue weighted by Gasteiger charge is -2.02. The van der Waals surface area contributed by atoms with Gasteiger partial charge in [0, 0.05) is 13.6 Å². The third-order valence-corrected chi connectivity index (χ3v) is 2.67. The first-order chi connectivity index (χ1) is 5.11. The summed E-state index contributed by atoms with van der Waals surface area (Å²) in [6, 6.07) is 4.84. The molecule has 4 heteroatoms. The Morgan fingerprint density at radius 3 is 2.45 bits per heavy atom. The summed E-state index contributed by atoms with van der Waals surface area (Å²) in [7, 11) is 0. The maximum absolute atomic E-state index is 12.2. The highest BCUT2D eigenvalue weighted by atomic mass is 127. The minimum atomic E-state index is -2.39. The molecule has 0 saturated carbocycles. The first kappa shape index (κ1) is 9.38. The standard InChI is InChI=1S/C7H4BrF2I/c8-4-1-2-6(11)5(3-4)7(9)10/h1-3,7H. The van der Waals surface area contributed by atoms with Crippen LogP contribution in [0.1, 0.15) is 12.0 Å². The van der Waals surface area contributed by atoms with Crippen LogP contribution in [0.2, 0.25) is 0 Å². The molecule has 0 radical (unpaired) electrons. The lowest BCUT2D eigenvalue weighted by atomic mass is 10.2. The molecular weight excluding hydrogens is 329 g/mol. The first-order valence-electron chi connectivity index (χ1n) is 2.84. The second-order valence-electron chi connectivity index (χ2n) is 1.97. The molecule has 0 nitrogen and oxygen atoms in total. The van der Waals surface area contributed by atoms with E-state index in [2.05, 4.69) is 15.9 Å². The van der Waals surface area contributed by atoms with Crippen molar-refractivity contribution in [3.05, 3.63) is 31.8 Å². The van der Waals surface area contributed by atoms with Gasteiger partial charge in [0.05, 0.1) is 0 Å². The molecular formula is C7H4BrF2I. The molecule has 11 heavy (non-hydrogen) atoms. The number of benzene rings is 1. The highest BCUT2D eigenvalue weighted by Crippen LogP contribution is 2.26. The van der Waals surface area contributed by atoms with Crippen LogP contribution in [0, 0.1) is 3.57 Å². The van der Waals surface area contributed by atoms with Crippen molar-refractivity contribution < 1.29 is 8.78 Å². The third-order valence-electron chi connectivity index (χ3n) is 1.19. The maximum Gasteiger partial charge on any atom is 0.264 e. The summed E-state index contributed by atoms with van der Waals surface area (Å²) in [6.07, 6.45) is -2.39. The number of alkyl halides is 2. The zero-order valence-corrected chi connectivity index (χ0v) is 9.06. The van der Waals surface area contributed by atoms with Gasteiger partial charge in [-0.25, -0.2) is 8.78 Å². The summed E-state index contributed by atoms with van der Waals surface area (Å²) in [4.78, 5) is 0. The zero-order valence-electron chi connectivity index (χ0n) is 5.32. The molecule has 0 aliphatic rings. The highest BCUT2D eigenvalue weighted by Gasteiger charge is 2.10. The molecule has 0 unspecified atom stereocenters. The van der Waals surface area contributed by atoms with Gasteiger partial charge in [-0.2, -0.15) is 0 Å². The number of halogens is 4. The molecule has 0 amide bonds. The van der Waals surface area contributed by atoms with E-state index < -0.39 is 6.43 Å². The van der Waals surface area contributed by atoms with E-state index in [0.717, 1.165) is 0 Å². The van der Waals surface area contributed by atoms with E-state index in [9.17, 15) is 8.78 Å². The molecule has 0 aliphatic carbocycles. The molecule has 0 spiro atoms. The van der Waals surface area contributed by atoms with Crippen LogP contribution in [0.5, 0.6) is 0 Å². The molecule has 0 fully saturated rings. The molecule has 1 aromatic carbocycles. The third kappa shape index (κ3) is 2.37. The van der Waals surface area contributed by atoms with Crippen LogP contribution >= 0.6 is 38.5 Å². The Balaban J connectivity index is 3.13. The van der Waals surface area contributed by atoms with Crippen LogP contribution < -0.4 is 0 Å². The number of rotatable bonds is 1. The lowest BCUT2D eigenvalue weighted by Crippen LogP contribution is -1.87. The normalized spacial score (nSPS) is 10.6. The van der Waals surface area contributed by atoms with E-state index in [1.807, 2.05) is 22.6 Å². The molecule has 0 heterocycles. The van der Waals surface area contributed by atoms with Gasteiger partial charge in [0.15, 0.2) is 0 Å². The van der Waals surface area contributed by atoms with Crippen molar-refractivity contribution in [1.82, 2.24) is 0 Å². The predicted octanol–water partition coefficient (Wildman–Crippen LogP) is 3.99. The van der Waals surface area contributed by atoms with Gasteiger partial charge in [0.2, 0.25) is 0 Å². The molecule has 0 atom stereocenters. The van der Waals surface area contributed by atoms with Gasteiger partial charge in [0.25, 0.3) is 6.43 Å².